The number of amides is 1. The molecule has 0 saturated carbocycles. The number of likely N-dealkylation sites (tertiary alicyclic amines) is 1. The number of hydrogen-bond acceptors (Lipinski definition) is 4. The molecule has 2 aliphatic heterocycles. The van der Waals surface area contributed by atoms with Crippen LogP contribution in [0, 0.1) is 0 Å². The highest BCUT2D eigenvalue weighted by Gasteiger charge is 2.22. The first-order valence-electron chi connectivity index (χ1n) is 7.22. The second kappa shape index (κ2) is 7.07. The Morgan fingerprint density at radius 1 is 1.22 bits per heavy atom. The molecule has 18 heavy (non-hydrogen) atoms. The normalized spacial score (nSPS) is 30.1. The third-order valence-electron chi connectivity index (χ3n) is 3.83. The Hall–Kier alpha value is -0.650. The van der Waals surface area contributed by atoms with Crippen molar-refractivity contribution in [1.82, 2.24) is 20.9 Å². The lowest BCUT2D eigenvalue weighted by atomic mass is 10.1. The molecule has 0 aliphatic carbocycles. The van der Waals surface area contributed by atoms with Gasteiger partial charge in [-0.2, -0.15) is 0 Å². The topological polar surface area (TPSA) is 56.4 Å². The molecule has 1 amide bonds. The minimum atomic E-state index is -0.0671. The molecule has 0 aromatic heterocycles. The van der Waals surface area contributed by atoms with Crippen LogP contribution in [0.4, 0.5) is 0 Å². The van der Waals surface area contributed by atoms with Crippen LogP contribution in [0.1, 0.15) is 26.2 Å². The molecule has 2 fully saturated rings. The quantitative estimate of drug-likeness (QED) is 0.635. The van der Waals surface area contributed by atoms with Crippen molar-refractivity contribution in [3.05, 3.63) is 0 Å². The Labute approximate surface area is 110 Å². The van der Waals surface area contributed by atoms with Gasteiger partial charge in [0.2, 0.25) is 5.91 Å². The zero-order valence-corrected chi connectivity index (χ0v) is 11.4. The third kappa shape index (κ3) is 4.23. The van der Waals surface area contributed by atoms with Crippen molar-refractivity contribution >= 4 is 5.91 Å². The average Bonchev–Trinajstić information content (AvgIpc) is 2.40. The summed E-state index contributed by atoms with van der Waals surface area (Å²) in [6.45, 7) is 7.86. The average molecular weight is 254 g/mol. The lowest BCUT2D eigenvalue weighted by Crippen LogP contribution is -2.59. The molecule has 2 atom stereocenters. The number of hydrogen-bond donors (Lipinski definition) is 3. The monoisotopic (exact) mass is 254 g/mol. The molecule has 2 rings (SSSR count). The predicted octanol–water partition coefficient (Wildman–Crippen LogP) is -0.462. The summed E-state index contributed by atoms with van der Waals surface area (Å²) < 4.78 is 0. The van der Waals surface area contributed by atoms with Crippen LogP contribution >= 0.6 is 0 Å². The fourth-order valence-electron chi connectivity index (χ4n) is 2.61. The van der Waals surface area contributed by atoms with Gasteiger partial charge in [0, 0.05) is 32.2 Å². The smallest absolute Gasteiger partial charge is 0.238 e. The lowest BCUT2D eigenvalue weighted by molar-refractivity contribution is -0.123. The van der Waals surface area contributed by atoms with Crippen molar-refractivity contribution in [2.45, 2.75) is 38.3 Å². The highest BCUT2D eigenvalue weighted by molar-refractivity contribution is 5.82. The Morgan fingerprint density at radius 3 is 2.67 bits per heavy atom. The number of nitrogens with one attached hydrogen (secondary N) is 3. The molecule has 3 N–H and O–H groups in total. The third-order valence-corrected chi connectivity index (χ3v) is 3.83. The second-order valence-corrected chi connectivity index (χ2v) is 5.46. The largest absolute Gasteiger partial charge is 0.353 e. The van der Waals surface area contributed by atoms with E-state index in [1.54, 1.807) is 0 Å². The Morgan fingerprint density at radius 2 is 2.00 bits per heavy atom. The van der Waals surface area contributed by atoms with Crippen molar-refractivity contribution < 1.29 is 4.79 Å². The van der Waals surface area contributed by atoms with Gasteiger partial charge >= 0.3 is 0 Å². The van der Waals surface area contributed by atoms with E-state index in [1.165, 1.54) is 32.4 Å². The summed E-state index contributed by atoms with van der Waals surface area (Å²) in [4.78, 5) is 14.4. The first kappa shape index (κ1) is 13.8. The van der Waals surface area contributed by atoms with Gasteiger partial charge in [-0.05, 0) is 32.9 Å². The molecule has 2 aliphatic rings. The molecule has 0 radical (unpaired) electrons. The van der Waals surface area contributed by atoms with Crippen LogP contribution in [-0.4, -0.2) is 62.2 Å². The standard InChI is InChI=1S/C13H26N4O/c1-11-9-16-12(10-15-11)13(18)14-5-8-17-6-3-2-4-7-17/h11-12,15-16H,2-10H2,1H3,(H,14,18). The van der Waals surface area contributed by atoms with Crippen molar-refractivity contribution in [2.75, 3.05) is 39.3 Å². The van der Waals surface area contributed by atoms with Crippen molar-refractivity contribution in [1.29, 1.82) is 0 Å². The van der Waals surface area contributed by atoms with E-state index in [1.807, 2.05) is 0 Å². The molecule has 2 saturated heterocycles. The summed E-state index contributed by atoms with van der Waals surface area (Å²) in [5, 5.41) is 9.62. The van der Waals surface area contributed by atoms with Gasteiger partial charge in [0.25, 0.3) is 0 Å². The van der Waals surface area contributed by atoms with Gasteiger partial charge in [-0.25, -0.2) is 0 Å². The molecule has 0 aromatic rings. The molecule has 104 valence electrons. The minimum Gasteiger partial charge on any atom is -0.353 e. The molecule has 2 heterocycles. The summed E-state index contributed by atoms with van der Waals surface area (Å²) in [5.41, 5.74) is 0. The summed E-state index contributed by atoms with van der Waals surface area (Å²) >= 11 is 0. The molecule has 5 nitrogen and oxygen atoms in total. The Balaban J connectivity index is 1.59. The molecular weight excluding hydrogens is 228 g/mol. The Bertz CT molecular complexity index is 258. The molecule has 0 spiro atoms. The van der Waals surface area contributed by atoms with Gasteiger partial charge in [-0.15, -0.1) is 0 Å². The van der Waals surface area contributed by atoms with E-state index in [0.29, 0.717) is 6.04 Å². The van der Waals surface area contributed by atoms with E-state index in [0.717, 1.165) is 26.2 Å². The summed E-state index contributed by atoms with van der Waals surface area (Å²) in [6, 6.07) is 0.393. The van der Waals surface area contributed by atoms with Crippen LogP contribution in [0.15, 0.2) is 0 Å². The molecular formula is C13H26N4O. The maximum atomic E-state index is 11.9. The van der Waals surface area contributed by atoms with Crippen molar-refractivity contribution in [2.24, 2.45) is 0 Å². The first-order chi connectivity index (χ1) is 8.75. The highest BCUT2D eigenvalue weighted by Crippen LogP contribution is 2.07. The van der Waals surface area contributed by atoms with Crippen LogP contribution in [0.2, 0.25) is 0 Å². The number of piperazine rings is 1. The van der Waals surface area contributed by atoms with Gasteiger partial charge in [-0.3, -0.25) is 4.79 Å². The number of carbonyl (C=O) groups excluding carboxylic acids is 1. The number of nitrogens with zero attached hydrogens (tertiary/aromatic N) is 1. The first-order valence-corrected chi connectivity index (χ1v) is 7.22. The SMILES string of the molecule is CC1CNC(C(=O)NCCN2CCCCC2)CN1. The van der Waals surface area contributed by atoms with E-state index in [2.05, 4.69) is 27.8 Å². The number of rotatable bonds is 4. The summed E-state index contributed by atoms with van der Waals surface area (Å²) in [6.07, 6.45) is 3.97. The van der Waals surface area contributed by atoms with Crippen LogP contribution in [-0.2, 0) is 4.79 Å². The fraction of sp³-hybridized carbons (Fsp3) is 0.923. The maximum absolute atomic E-state index is 11.9. The zero-order chi connectivity index (χ0) is 12.8. The number of carbonyl (C=O) groups is 1. The van der Waals surface area contributed by atoms with Crippen LogP contribution in [0.25, 0.3) is 0 Å². The van der Waals surface area contributed by atoms with E-state index >= 15 is 0 Å². The summed E-state index contributed by atoms with van der Waals surface area (Å²) in [7, 11) is 0. The zero-order valence-electron chi connectivity index (χ0n) is 11.4. The van der Waals surface area contributed by atoms with Crippen molar-refractivity contribution in [3.8, 4) is 0 Å². The van der Waals surface area contributed by atoms with E-state index < -0.39 is 0 Å². The maximum Gasteiger partial charge on any atom is 0.238 e. The van der Waals surface area contributed by atoms with Gasteiger partial charge in [0.1, 0.15) is 0 Å². The number of piperidine rings is 1. The van der Waals surface area contributed by atoms with Gasteiger partial charge < -0.3 is 20.9 Å². The fourth-order valence-corrected chi connectivity index (χ4v) is 2.61. The van der Waals surface area contributed by atoms with E-state index in [-0.39, 0.29) is 11.9 Å². The van der Waals surface area contributed by atoms with Crippen molar-refractivity contribution in [3.63, 3.8) is 0 Å². The van der Waals surface area contributed by atoms with Crippen LogP contribution < -0.4 is 16.0 Å². The highest BCUT2D eigenvalue weighted by atomic mass is 16.2. The van der Waals surface area contributed by atoms with Gasteiger partial charge in [0.05, 0.1) is 6.04 Å². The second-order valence-electron chi connectivity index (χ2n) is 5.46. The van der Waals surface area contributed by atoms with Gasteiger partial charge in [-0.1, -0.05) is 6.42 Å². The van der Waals surface area contributed by atoms with Gasteiger partial charge in [0.15, 0.2) is 0 Å². The van der Waals surface area contributed by atoms with Crippen LogP contribution in [0.5, 0.6) is 0 Å². The minimum absolute atomic E-state index is 0.0671. The molecule has 5 heteroatoms. The van der Waals surface area contributed by atoms with E-state index in [4.69, 9.17) is 0 Å². The molecule has 0 bridgehead atoms. The molecule has 0 aromatic carbocycles. The summed E-state index contributed by atoms with van der Waals surface area (Å²) in [5.74, 6) is 0.131. The Kier molecular flexibility index (Phi) is 5.41. The molecule has 2 unspecified atom stereocenters. The van der Waals surface area contributed by atoms with Crippen LogP contribution in [0.3, 0.4) is 0 Å². The lowest BCUT2D eigenvalue weighted by Gasteiger charge is -2.29. The van der Waals surface area contributed by atoms with E-state index in [9.17, 15) is 4.79 Å². The predicted molar refractivity (Wildman–Crippen MR) is 72.6 cm³/mol.